The molecule has 3 aromatic rings. The van der Waals surface area contributed by atoms with E-state index >= 15 is 0 Å². The smallest absolute Gasteiger partial charge is 0.136 e. The lowest BCUT2D eigenvalue weighted by Gasteiger charge is -2.04. The Morgan fingerprint density at radius 1 is 1.11 bits per heavy atom. The molecule has 19 heavy (non-hydrogen) atoms. The average molecular weight is 253 g/mol. The van der Waals surface area contributed by atoms with E-state index in [0.29, 0.717) is 5.76 Å². The highest BCUT2D eigenvalue weighted by molar-refractivity contribution is 5.92. The van der Waals surface area contributed by atoms with Crippen LogP contribution in [0.2, 0.25) is 0 Å². The number of fused-ring (bicyclic) bond motifs is 1. The summed E-state index contributed by atoms with van der Waals surface area (Å²) in [5, 5.41) is 10.6. The maximum atomic E-state index is 9.53. The number of hydrogen-bond acceptors (Lipinski definition) is 3. The van der Waals surface area contributed by atoms with Crippen LogP contribution in [-0.4, -0.2) is 10.1 Å². The first kappa shape index (κ1) is 11.9. The van der Waals surface area contributed by atoms with Gasteiger partial charge in [0.1, 0.15) is 17.6 Å². The van der Waals surface area contributed by atoms with Gasteiger partial charge in [0.05, 0.1) is 5.52 Å². The van der Waals surface area contributed by atoms with Crippen molar-refractivity contribution >= 4 is 10.9 Å². The lowest BCUT2D eigenvalue weighted by Crippen LogP contribution is -1.87. The third-order valence-electron chi connectivity index (χ3n) is 3.16. The molecule has 1 aromatic carbocycles. The van der Waals surface area contributed by atoms with Crippen LogP contribution in [0.15, 0.2) is 46.9 Å². The van der Waals surface area contributed by atoms with E-state index in [2.05, 4.69) is 11.1 Å². The van der Waals surface area contributed by atoms with Gasteiger partial charge in [-0.25, -0.2) is 0 Å². The summed E-state index contributed by atoms with van der Waals surface area (Å²) in [6.07, 6.45) is -0.599. The molecular formula is C16H15NO2. The first-order valence-electron chi connectivity index (χ1n) is 6.30. The number of hydrogen-bond donors (Lipinski definition) is 1. The molecule has 0 saturated carbocycles. The van der Waals surface area contributed by atoms with Crippen molar-refractivity contribution in [2.24, 2.45) is 0 Å². The Kier molecular flexibility index (Phi) is 2.84. The van der Waals surface area contributed by atoms with E-state index in [-0.39, 0.29) is 0 Å². The number of aryl methyl sites for hydroxylation is 1. The fraction of sp³-hybridized carbons (Fsp3) is 0.188. The third-order valence-corrected chi connectivity index (χ3v) is 3.16. The molecule has 1 unspecified atom stereocenters. The number of aliphatic hydroxyl groups is 1. The molecule has 0 aliphatic carbocycles. The molecule has 2 heterocycles. The van der Waals surface area contributed by atoms with Gasteiger partial charge >= 0.3 is 0 Å². The predicted octanol–water partition coefficient (Wildman–Crippen LogP) is 3.86. The zero-order valence-electron chi connectivity index (χ0n) is 10.9. The summed E-state index contributed by atoms with van der Waals surface area (Å²) in [5.74, 6) is 1.30. The second kappa shape index (κ2) is 4.52. The van der Waals surface area contributed by atoms with Crippen molar-refractivity contribution in [2.45, 2.75) is 20.0 Å². The van der Waals surface area contributed by atoms with Crippen molar-refractivity contribution in [3.8, 4) is 11.3 Å². The van der Waals surface area contributed by atoms with Crippen molar-refractivity contribution in [2.75, 3.05) is 0 Å². The van der Waals surface area contributed by atoms with Crippen LogP contribution in [0.1, 0.15) is 24.5 Å². The van der Waals surface area contributed by atoms with Gasteiger partial charge in [-0.05, 0) is 38.1 Å². The van der Waals surface area contributed by atoms with E-state index in [4.69, 9.17) is 4.42 Å². The monoisotopic (exact) mass is 253 g/mol. The number of aliphatic hydroxyl groups excluding tert-OH is 1. The lowest BCUT2D eigenvalue weighted by molar-refractivity contribution is 0.170. The SMILES string of the molecule is Cc1ccc2cccc(-c3ccc(C(C)O)o3)c2n1. The zero-order valence-corrected chi connectivity index (χ0v) is 10.9. The van der Waals surface area contributed by atoms with Crippen molar-refractivity contribution < 1.29 is 9.52 Å². The minimum absolute atomic E-state index is 0.569. The Balaban J connectivity index is 2.20. The highest BCUT2D eigenvalue weighted by atomic mass is 16.4. The molecule has 3 rings (SSSR count). The molecule has 0 radical (unpaired) electrons. The van der Waals surface area contributed by atoms with Gasteiger partial charge in [-0.1, -0.05) is 18.2 Å². The van der Waals surface area contributed by atoms with Crippen molar-refractivity contribution in [3.05, 3.63) is 53.9 Å². The molecule has 0 spiro atoms. The number of furan rings is 1. The molecule has 0 fully saturated rings. The second-order valence-corrected chi connectivity index (χ2v) is 4.71. The van der Waals surface area contributed by atoms with Gasteiger partial charge in [0.25, 0.3) is 0 Å². The Bertz CT molecular complexity index is 728. The van der Waals surface area contributed by atoms with Crippen LogP contribution in [0.4, 0.5) is 0 Å². The number of benzene rings is 1. The van der Waals surface area contributed by atoms with E-state index < -0.39 is 6.10 Å². The fourth-order valence-corrected chi connectivity index (χ4v) is 2.17. The van der Waals surface area contributed by atoms with E-state index in [1.165, 1.54) is 0 Å². The summed E-state index contributed by atoms with van der Waals surface area (Å²) in [4.78, 5) is 4.58. The quantitative estimate of drug-likeness (QED) is 0.754. The molecule has 1 N–H and O–H groups in total. The van der Waals surface area contributed by atoms with Gasteiger partial charge in [0, 0.05) is 16.6 Å². The second-order valence-electron chi connectivity index (χ2n) is 4.71. The molecule has 0 aliphatic heterocycles. The molecule has 0 aliphatic rings. The van der Waals surface area contributed by atoms with Gasteiger partial charge in [0.2, 0.25) is 0 Å². The Morgan fingerprint density at radius 3 is 2.68 bits per heavy atom. The maximum absolute atomic E-state index is 9.53. The minimum Gasteiger partial charge on any atom is -0.458 e. The van der Waals surface area contributed by atoms with Gasteiger partial charge in [-0.3, -0.25) is 4.98 Å². The Morgan fingerprint density at radius 2 is 1.95 bits per heavy atom. The summed E-state index contributed by atoms with van der Waals surface area (Å²) >= 11 is 0. The van der Waals surface area contributed by atoms with Crippen LogP contribution >= 0.6 is 0 Å². The third kappa shape index (κ3) is 2.13. The minimum atomic E-state index is -0.599. The zero-order chi connectivity index (χ0) is 13.4. The van der Waals surface area contributed by atoms with E-state index in [1.54, 1.807) is 13.0 Å². The normalized spacial score (nSPS) is 12.8. The van der Waals surface area contributed by atoms with Crippen LogP contribution in [0.3, 0.4) is 0 Å². The summed E-state index contributed by atoms with van der Waals surface area (Å²) in [7, 11) is 0. The van der Waals surface area contributed by atoms with Crippen molar-refractivity contribution in [1.82, 2.24) is 4.98 Å². The molecule has 1 atom stereocenters. The number of nitrogens with zero attached hydrogens (tertiary/aromatic N) is 1. The first-order chi connectivity index (χ1) is 9.15. The fourth-order valence-electron chi connectivity index (χ4n) is 2.17. The van der Waals surface area contributed by atoms with Crippen LogP contribution in [0.5, 0.6) is 0 Å². The number of rotatable bonds is 2. The van der Waals surface area contributed by atoms with Crippen molar-refractivity contribution in [1.29, 1.82) is 0 Å². The lowest BCUT2D eigenvalue weighted by atomic mass is 10.1. The Hall–Kier alpha value is -2.13. The summed E-state index contributed by atoms with van der Waals surface area (Å²) < 4.78 is 5.69. The molecule has 0 bridgehead atoms. The van der Waals surface area contributed by atoms with Gasteiger partial charge in [-0.15, -0.1) is 0 Å². The molecular weight excluding hydrogens is 238 g/mol. The molecule has 3 nitrogen and oxygen atoms in total. The molecule has 3 heteroatoms. The topological polar surface area (TPSA) is 46.3 Å². The van der Waals surface area contributed by atoms with Gasteiger partial charge in [0.15, 0.2) is 0 Å². The number of pyridine rings is 1. The highest BCUT2D eigenvalue weighted by Gasteiger charge is 2.11. The van der Waals surface area contributed by atoms with E-state index in [1.807, 2.05) is 37.3 Å². The molecule has 0 amide bonds. The van der Waals surface area contributed by atoms with Crippen LogP contribution in [0, 0.1) is 6.92 Å². The highest BCUT2D eigenvalue weighted by Crippen LogP contribution is 2.30. The average Bonchev–Trinajstić information content (AvgIpc) is 2.87. The maximum Gasteiger partial charge on any atom is 0.136 e. The largest absolute Gasteiger partial charge is 0.458 e. The van der Waals surface area contributed by atoms with Crippen molar-refractivity contribution in [3.63, 3.8) is 0 Å². The number of aromatic nitrogens is 1. The predicted molar refractivity (Wildman–Crippen MR) is 74.8 cm³/mol. The van der Waals surface area contributed by atoms with E-state index in [0.717, 1.165) is 27.9 Å². The van der Waals surface area contributed by atoms with E-state index in [9.17, 15) is 5.11 Å². The number of para-hydroxylation sites is 1. The molecule has 0 saturated heterocycles. The summed E-state index contributed by atoms with van der Waals surface area (Å²) in [6.45, 7) is 3.66. The molecule has 96 valence electrons. The van der Waals surface area contributed by atoms with Crippen LogP contribution in [-0.2, 0) is 0 Å². The molecule has 2 aromatic heterocycles. The standard InChI is InChI=1S/C16H15NO2/c1-10-6-7-12-4-3-5-13(16(12)17-10)15-9-8-14(19-15)11(2)18/h3-9,11,18H,1-2H3. The Labute approximate surface area is 111 Å². The summed E-state index contributed by atoms with van der Waals surface area (Å²) in [6, 6.07) is 13.7. The van der Waals surface area contributed by atoms with Gasteiger partial charge in [-0.2, -0.15) is 0 Å². The first-order valence-corrected chi connectivity index (χ1v) is 6.30. The van der Waals surface area contributed by atoms with Gasteiger partial charge < -0.3 is 9.52 Å². The van der Waals surface area contributed by atoms with Crippen LogP contribution in [0.25, 0.3) is 22.2 Å². The summed E-state index contributed by atoms with van der Waals surface area (Å²) in [5.41, 5.74) is 2.85. The van der Waals surface area contributed by atoms with Crippen LogP contribution < -0.4 is 0 Å².